The third kappa shape index (κ3) is 3.19. The van der Waals surface area contributed by atoms with E-state index in [1.807, 2.05) is 25.1 Å². The summed E-state index contributed by atoms with van der Waals surface area (Å²) in [7, 11) is 0. The number of rotatable bonds is 5. The van der Waals surface area contributed by atoms with Gasteiger partial charge in [0, 0.05) is 24.5 Å². The van der Waals surface area contributed by atoms with Crippen molar-refractivity contribution >= 4 is 23.4 Å². The zero-order chi connectivity index (χ0) is 15.4. The molecule has 1 aromatic rings. The Labute approximate surface area is 128 Å². The monoisotopic (exact) mass is 310 g/mol. The van der Waals surface area contributed by atoms with Gasteiger partial charge in [-0.15, -0.1) is 0 Å². The van der Waals surface area contributed by atoms with Crippen LogP contribution in [0.3, 0.4) is 0 Å². The second-order valence-electron chi connectivity index (χ2n) is 4.97. The molecule has 1 saturated heterocycles. The van der Waals surface area contributed by atoms with Crippen molar-refractivity contribution < 1.29 is 14.7 Å². The molecule has 0 aliphatic carbocycles. The van der Waals surface area contributed by atoms with Crippen LogP contribution in [0.15, 0.2) is 24.3 Å². The van der Waals surface area contributed by atoms with Crippen molar-refractivity contribution in [3.8, 4) is 0 Å². The van der Waals surface area contributed by atoms with Gasteiger partial charge in [0.15, 0.2) is 0 Å². The number of aliphatic hydroxyl groups excluding tert-OH is 1. The van der Waals surface area contributed by atoms with Crippen LogP contribution in [0.1, 0.15) is 24.9 Å². The first-order valence-electron chi connectivity index (χ1n) is 7.02. The van der Waals surface area contributed by atoms with E-state index in [-0.39, 0.29) is 37.4 Å². The van der Waals surface area contributed by atoms with Gasteiger partial charge >= 0.3 is 0 Å². The summed E-state index contributed by atoms with van der Waals surface area (Å²) in [6.45, 7) is 2.47. The number of benzene rings is 1. The first kappa shape index (κ1) is 15.8. The summed E-state index contributed by atoms with van der Waals surface area (Å²) in [5.74, 6) is -0.756. The van der Waals surface area contributed by atoms with Crippen molar-refractivity contribution in [1.82, 2.24) is 10.2 Å². The van der Waals surface area contributed by atoms with Crippen LogP contribution >= 0.6 is 11.6 Å². The fraction of sp³-hybridized carbons (Fsp3) is 0.467. The van der Waals surface area contributed by atoms with E-state index in [4.69, 9.17) is 16.7 Å². The molecule has 1 fully saturated rings. The molecule has 114 valence electrons. The predicted molar refractivity (Wildman–Crippen MR) is 79.8 cm³/mol. The topological polar surface area (TPSA) is 69.6 Å². The SMILES string of the molecule is CCN1C(=O)C[C@@H](C(=O)NCCO)[C@@H]1c1ccccc1Cl. The van der Waals surface area contributed by atoms with Crippen LogP contribution in [-0.2, 0) is 9.59 Å². The Morgan fingerprint density at radius 2 is 2.19 bits per heavy atom. The van der Waals surface area contributed by atoms with Crippen LogP contribution in [0.4, 0.5) is 0 Å². The number of likely N-dealkylation sites (tertiary alicyclic amines) is 1. The summed E-state index contributed by atoms with van der Waals surface area (Å²) in [5.41, 5.74) is 0.788. The van der Waals surface area contributed by atoms with E-state index in [0.29, 0.717) is 11.6 Å². The maximum atomic E-state index is 12.3. The van der Waals surface area contributed by atoms with E-state index < -0.39 is 5.92 Å². The van der Waals surface area contributed by atoms with Gasteiger partial charge in [-0.3, -0.25) is 9.59 Å². The highest BCUT2D eigenvalue weighted by molar-refractivity contribution is 6.31. The van der Waals surface area contributed by atoms with Crippen molar-refractivity contribution in [3.05, 3.63) is 34.9 Å². The van der Waals surface area contributed by atoms with Crippen molar-refractivity contribution in [2.75, 3.05) is 19.7 Å². The van der Waals surface area contributed by atoms with Gasteiger partial charge in [-0.2, -0.15) is 0 Å². The summed E-state index contributed by atoms with van der Waals surface area (Å²) in [4.78, 5) is 26.1. The summed E-state index contributed by atoms with van der Waals surface area (Å²) < 4.78 is 0. The Morgan fingerprint density at radius 3 is 2.81 bits per heavy atom. The lowest BCUT2D eigenvalue weighted by Gasteiger charge is -2.28. The van der Waals surface area contributed by atoms with E-state index >= 15 is 0 Å². The highest BCUT2D eigenvalue weighted by Gasteiger charge is 2.44. The number of halogens is 1. The highest BCUT2D eigenvalue weighted by Crippen LogP contribution is 2.40. The smallest absolute Gasteiger partial charge is 0.226 e. The number of aliphatic hydroxyl groups is 1. The minimum Gasteiger partial charge on any atom is -0.395 e. The van der Waals surface area contributed by atoms with Crippen molar-refractivity contribution in [2.24, 2.45) is 5.92 Å². The van der Waals surface area contributed by atoms with Gasteiger partial charge in [0.2, 0.25) is 11.8 Å². The Bertz CT molecular complexity index is 535. The van der Waals surface area contributed by atoms with Gasteiger partial charge in [0.05, 0.1) is 18.6 Å². The number of carbonyl (C=O) groups excluding carboxylic acids is 2. The van der Waals surface area contributed by atoms with Crippen molar-refractivity contribution in [2.45, 2.75) is 19.4 Å². The zero-order valence-corrected chi connectivity index (χ0v) is 12.6. The van der Waals surface area contributed by atoms with Gasteiger partial charge in [0.1, 0.15) is 0 Å². The summed E-state index contributed by atoms with van der Waals surface area (Å²) in [5, 5.41) is 12.0. The van der Waals surface area contributed by atoms with Crippen LogP contribution in [0, 0.1) is 5.92 Å². The molecule has 0 unspecified atom stereocenters. The first-order chi connectivity index (χ1) is 10.1. The van der Waals surface area contributed by atoms with Crippen molar-refractivity contribution in [1.29, 1.82) is 0 Å². The molecule has 1 heterocycles. The average molecular weight is 311 g/mol. The molecule has 5 nitrogen and oxygen atoms in total. The predicted octanol–water partition coefficient (Wildman–Crippen LogP) is 1.36. The van der Waals surface area contributed by atoms with Gasteiger partial charge in [-0.1, -0.05) is 29.8 Å². The molecule has 2 amide bonds. The molecule has 1 aliphatic rings. The highest BCUT2D eigenvalue weighted by atomic mass is 35.5. The molecule has 6 heteroatoms. The zero-order valence-electron chi connectivity index (χ0n) is 11.9. The Balaban J connectivity index is 2.33. The van der Waals surface area contributed by atoms with E-state index in [9.17, 15) is 9.59 Å². The quantitative estimate of drug-likeness (QED) is 0.862. The van der Waals surface area contributed by atoms with E-state index in [1.54, 1.807) is 11.0 Å². The third-order valence-electron chi connectivity index (χ3n) is 3.74. The largest absolute Gasteiger partial charge is 0.395 e. The molecular weight excluding hydrogens is 292 g/mol. The lowest BCUT2D eigenvalue weighted by Crippen LogP contribution is -2.36. The minimum atomic E-state index is -0.483. The molecule has 0 spiro atoms. The molecule has 2 atom stereocenters. The van der Waals surface area contributed by atoms with Crippen LogP contribution in [0.25, 0.3) is 0 Å². The maximum Gasteiger partial charge on any atom is 0.226 e. The van der Waals surface area contributed by atoms with E-state index in [2.05, 4.69) is 5.32 Å². The molecule has 0 aromatic heterocycles. The Hall–Kier alpha value is -1.59. The lowest BCUT2D eigenvalue weighted by atomic mass is 9.92. The molecule has 2 rings (SSSR count). The van der Waals surface area contributed by atoms with Crippen LogP contribution in [0.2, 0.25) is 5.02 Å². The average Bonchev–Trinajstić information content (AvgIpc) is 2.81. The van der Waals surface area contributed by atoms with Gasteiger partial charge < -0.3 is 15.3 Å². The molecular formula is C15H19ClN2O3. The number of carbonyl (C=O) groups is 2. The molecule has 21 heavy (non-hydrogen) atoms. The Kier molecular flexibility index (Phi) is 5.20. The first-order valence-corrected chi connectivity index (χ1v) is 7.40. The fourth-order valence-corrected chi connectivity index (χ4v) is 3.06. The van der Waals surface area contributed by atoms with Gasteiger partial charge in [-0.05, 0) is 18.6 Å². The Morgan fingerprint density at radius 1 is 1.48 bits per heavy atom. The van der Waals surface area contributed by atoms with Gasteiger partial charge in [-0.25, -0.2) is 0 Å². The van der Waals surface area contributed by atoms with Gasteiger partial charge in [0.25, 0.3) is 0 Å². The summed E-state index contributed by atoms with van der Waals surface area (Å²) in [6, 6.07) is 6.92. The third-order valence-corrected chi connectivity index (χ3v) is 4.09. The van der Waals surface area contributed by atoms with Crippen LogP contribution in [-0.4, -0.2) is 41.5 Å². The molecule has 0 radical (unpaired) electrons. The molecule has 1 aliphatic heterocycles. The fourth-order valence-electron chi connectivity index (χ4n) is 2.81. The standard InChI is InChI=1S/C15H19ClN2O3/c1-2-18-13(20)9-11(15(21)17-7-8-19)14(18)10-5-3-4-6-12(10)16/h3-6,11,14,19H,2,7-9H2,1H3,(H,17,21)/t11-,14+/m1/s1. The lowest BCUT2D eigenvalue weighted by molar-refractivity contribution is -0.129. The van der Waals surface area contributed by atoms with Crippen molar-refractivity contribution in [3.63, 3.8) is 0 Å². The number of hydrogen-bond donors (Lipinski definition) is 2. The normalized spacial score (nSPS) is 21.7. The molecule has 0 bridgehead atoms. The molecule has 2 N–H and O–H groups in total. The van der Waals surface area contributed by atoms with E-state index in [1.165, 1.54) is 0 Å². The summed E-state index contributed by atoms with van der Waals surface area (Å²) in [6.07, 6.45) is 0.168. The van der Waals surface area contributed by atoms with Crippen LogP contribution in [0.5, 0.6) is 0 Å². The number of nitrogens with zero attached hydrogens (tertiary/aromatic N) is 1. The molecule has 1 aromatic carbocycles. The number of amides is 2. The molecule has 0 saturated carbocycles. The number of nitrogens with one attached hydrogen (secondary N) is 1. The van der Waals surface area contributed by atoms with E-state index in [0.717, 1.165) is 5.56 Å². The summed E-state index contributed by atoms with van der Waals surface area (Å²) >= 11 is 6.24. The number of hydrogen-bond acceptors (Lipinski definition) is 3. The van der Waals surface area contributed by atoms with Crippen LogP contribution < -0.4 is 5.32 Å². The second kappa shape index (κ2) is 6.91. The minimum absolute atomic E-state index is 0.0495. The second-order valence-corrected chi connectivity index (χ2v) is 5.38. The maximum absolute atomic E-state index is 12.3.